The van der Waals surface area contributed by atoms with Crippen molar-refractivity contribution in [1.29, 1.82) is 0 Å². The van der Waals surface area contributed by atoms with Gasteiger partial charge in [-0.3, -0.25) is 4.90 Å². The maximum absolute atomic E-state index is 9.12. The molecule has 1 aliphatic heterocycles. The second kappa shape index (κ2) is 6.38. The van der Waals surface area contributed by atoms with Crippen LogP contribution >= 0.6 is 23.2 Å². The largest absolute Gasteiger partial charge is 0.411 e. The number of halogens is 2. The smallest absolute Gasteiger partial charge is 0.101 e. The first kappa shape index (κ1) is 13.6. The molecule has 1 aliphatic rings. The molecule has 0 aromatic heterocycles. The highest BCUT2D eigenvalue weighted by atomic mass is 35.5. The first-order valence-corrected chi connectivity index (χ1v) is 6.43. The molecule has 0 amide bonds. The Morgan fingerprint density at radius 1 is 1.28 bits per heavy atom. The molecule has 1 saturated heterocycles. The fraction of sp³-hybridized carbons (Fsp3) is 0.417. The van der Waals surface area contributed by atoms with Crippen molar-refractivity contribution in [3.8, 4) is 0 Å². The summed E-state index contributed by atoms with van der Waals surface area (Å²) in [4.78, 5) is 2.17. The summed E-state index contributed by atoms with van der Waals surface area (Å²) in [6.07, 6.45) is 0. The van der Waals surface area contributed by atoms with Crippen LogP contribution in [0.4, 0.5) is 0 Å². The summed E-state index contributed by atoms with van der Waals surface area (Å²) in [7, 11) is 0. The summed E-state index contributed by atoms with van der Waals surface area (Å²) in [5.41, 5.74) is 1.36. The summed E-state index contributed by atoms with van der Waals surface area (Å²) in [6, 6.07) is 5.20. The van der Waals surface area contributed by atoms with Gasteiger partial charge in [-0.25, -0.2) is 0 Å². The fourth-order valence-electron chi connectivity index (χ4n) is 1.83. The third-order valence-corrected chi connectivity index (χ3v) is 3.59. The molecule has 1 N–H and O–H groups in total. The molecule has 0 unspecified atom stereocenters. The summed E-state index contributed by atoms with van der Waals surface area (Å²) >= 11 is 11.8. The average molecular weight is 289 g/mol. The lowest BCUT2D eigenvalue weighted by Crippen LogP contribution is -2.39. The van der Waals surface area contributed by atoms with E-state index in [4.69, 9.17) is 33.1 Å². The highest BCUT2D eigenvalue weighted by Crippen LogP contribution is 2.23. The van der Waals surface area contributed by atoms with Crippen LogP contribution in [0.3, 0.4) is 0 Å². The number of morpholine rings is 1. The molecule has 18 heavy (non-hydrogen) atoms. The van der Waals surface area contributed by atoms with Crippen LogP contribution in [0.1, 0.15) is 5.56 Å². The van der Waals surface area contributed by atoms with Crippen molar-refractivity contribution in [2.45, 2.75) is 0 Å². The average Bonchev–Trinajstić information content (AvgIpc) is 2.40. The van der Waals surface area contributed by atoms with Crippen LogP contribution in [0, 0.1) is 0 Å². The van der Waals surface area contributed by atoms with Gasteiger partial charge in [-0.15, -0.1) is 0 Å². The Labute approximate surface area is 116 Å². The molecule has 1 aromatic rings. The van der Waals surface area contributed by atoms with E-state index in [1.54, 1.807) is 18.2 Å². The lowest BCUT2D eigenvalue weighted by molar-refractivity contribution is 0.0450. The number of nitrogens with zero attached hydrogens (tertiary/aromatic N) is 2. The molecule has 98 valence electrons. The number of hydrogen-bond donors (Lipinski definition) is 1. The molecule has 2 rings (SSSR count). The van der Waals surface area contributed by atoms with Gasteiger partial charge in [0.15, 0.2) is 0 Å². The predicted octanol–water partition coefficient (Wildman–Crippen LogP) is 2.50. The van der Waals surface area contributed by atoms with Gasteiger partial charge in [-0.05, 0) is 12.1 Å². The van der Waals surface area contributed by atoms with E-state index in [9.17, 15) is 0 Å². The normalized spacial score (nSPS) is 18.0. The zero-order chi connectivity index (χ0) is 13.0. The van der Waals surface area contributed by atoms with E-state index in [1.807, 2.05) is 0 Å². The molecule has 0 radical (unpaired) electrons. The number of oxime groups is 1. The Morgan fingerprint density at radius 2 is 2.00 bits per heavy atom. The third kappa shape index (κ3) is 3.36. The monoisotopic (exact) mass is 288 g/mol. The minimum Gasteiger partial charge on any atom is -0.411 e. The van der Waals surface area contributed by atoms with Gasteiger partial charge in [0.25, 0.3) is 0 Å². The van der Waals surface area contributed by atoms with Gasteiger partial charge in [0.1, 0.15) is 5.71 Å². The Bertz CT molecular complexity index is 446. The van der Waals surface area contributed by atoms with Crippen molar-refractivity contribution in [2.24, 2.45) is 5.16 Å². The van der Waals surface area contributed by atoms with Crippen LogP contribution in [0.2, 0.25) is 10.0 Å². The summed E-state index contributed by atoms with van der Waals surface area (Å²) in [5, 5.41) is 13.4. The topological polar surface area (TPSA) is 45.1 Å². The Kier molecular flexibility index (Phi) is 4.83. The van der Waals surface area contributed by atoms with E-state index in [-0.39, 0.29) is 0 Å². The highest BCUT2D eigenvalue weighted by Gasteiger charge is 2.15. The lowest BCUT2D eigenvalue weighted by Gasteiger charge is -2.26. The van der Waals surface area contributed by atoms with Gasteiger partial charge < -0.3 is 9.94 Å². The Hall–Kier alpha value is -0.810. The zero-order valence-corrected chi connectivity index (χ0v) is 11.3. The molecule has 0 saturated carbocycles. The van der Waals surface area contributed by atoms with Gasteiger partial charge in [0.05, 0.1) is 23.3 Å². The van der Waals surface area contributed by atoms with E-state index >= 15 is 0 Å². The maximum Gasteiger partial charge on any atom is 0.101 e. The van der Waals surface area contributed by atoms with Crippen LogP contribution in [0.5, 0.6) is 0 Å². The number of hydrogen-bond acceptors (Lipinski definition) is 4. The lowest BCUT2D eigenvalue weighted by atomic mass is 10.1. The van der Waals surface area contributed by atoms with Crippen LogP contribution in [-0.4, -0.2) is 48.7 Å². The van der Waals surface area contributed by atoms with Gasteiger partial charge >= 0.3 is 0 Å². The fourth-order valence-corrected chi connectivity index (χ4v) is 2.13. The number of ether oxygens (including phenoxy) is 1. The second-order valence-electron chi connectivity index (χ2n) is 4.06. The van der Waals surface area contributed by atoms with Crippen LogP contribution in [0.15, 0.2) is 23.4 Å². The number of benzene rings is 1. The molecule has 6 heteroatoms. The molecule has 0 bridgehead atoms. The van der Waals surface area contributed by atoms with Gasteiger partial charge in [-0.1, -0.05) is 34.4 Å². The van der Waals surface area contributed by atoms with Crippen LogP contribution < -0.4 is 0 Å². The molecule has 4 nitrogen and oxygen atoms in total. The molecule has 1 fully saturated rings. The standard InChI is InChI=1S/C12H14Cl2N2O2/c13-10-2-1-9(7-11(10)14)12(15-17)8-16-3-5-18-6-4-16/h1-2,7,17H,3-6,8H2. The van der Waals surface area contributed by atoms with Crippen molar-refractivity contribution in [2.75, 3.05) is 32.8 Å². The van der Waals surface area contributed by atoms with E-state index in [2.05, 4.69) is 10.1 Å². The number of rotatable bonds is 3. The van der Waals surface area contributed by atoms with Gasteiger partial charge in [0, 0.05) is 25.2 Å². The van der Waals surface area contributed by atoms with Crippen molar-refractivity contribution in [1.82, 2.24) is 4.90 Å². The third-order valence-electron chi connectivity index (χ3n) is 2.85. The van der Waals surface area contributed by atoms with Crippen molar-refractivity contribution in [3.63, 3.8) is 0 Å². The highest BCUT2D eigenvalue weighted by molar-refractivity contribution is 6.42. The quantitative estimate of drug-likeness (QED) is 0.528. The first-order valence-electron chi connectivity index (χ1n) is 5.67. The van der Waals surface area contributed by atoms with E-state index in [0.29, 0.717) is 35.5 Å². The second-order valence-corrected chi connectivity index (χ2v) is 4.88. The predicted molar refractivity (Wildman–Crippen MR) is 72.0 cm³/mol. The summed E-state index contributed by atoms with van der Waals surface area (Å²) in [5.74, 6) is 0. The van der Waals surface area contributed by atoms with E-state index in [1.165, 1.54) is 0 Å². The molecule has 0 aliphatic carbocycles. The molecular formula is C12H14Cl2N2O2. The molecule has 1 aromatic carbocycles. The Morgan fingerprint density at radius 3 is 2.61 bits per heavy atom. The van der Waals surface area contributed by atoms with Crippen molar-refractivity contribution >= 4 is 28.9 Å². The molecule has 0 spiro atoms. The zero-order valence-electron chi connectivity index (χ0n) is 9.77. The van der Waals surface area contributed by atoms with Crippen LogP contribution in [0.25, 0.3) is 0 Å². The van der Waals surface area contributed by atoms with Gasteiger partial charge in [-0.2, -0.15) is 0 Å². The minimum atomic E-state index is 0.456. The van der Waals surface area contributed by atoms with Crippen LogP contribution in [-0.2, 0) is 4.74 Å². The molecule has 0 atom stereocenters. The summed E-state index contributed by atoms with van der Waals surface area (Å²) < 4.78 is 5.27. The van der Waals surface area contributed by atoms with Crippen molar-refractivity contribution in [3.05, 3.63) is 33.8 Å². The SMILES string of the molecule is ON=C(CN1CCOCC1)c1ccc(Cl)c(Cl)c1. The maximum atomic E-state index is 9.12. The minimum absolute atomic E-state index is 0.456. The summed E-state index contributed by atoms with van der Waals surface area (Å²) in [6.45, 7) is 3.65. The van der Waals surface area contributed by atoms with E-state index < -0.39 is 0 Å². The van der Waals surface area contributed by atoms with E-state index in [0.717, 1.165) is 18.7 Å². The molecular weight excluding hydrogens is 275 g/mol. The first-order chi connectivity index (χ1) is 8.70. The van der Waals surface area contributed by atoms with Gasteiger partial charge in [0.2, 0.25) is 0 Å². The van der Waals surface area contributed by atoms with Crippen molar-refractivity contribution < 1.29 is 9.94 Å². The molecule has 1 heterocycles. The Balaban J connectivity index is 2.10.